The van der Waals surface area contributed by atoms with Gasteiger partial charge in [-0.2, -0.15) is 0 Å². The van der Waals surface area contributed by atoms with E-state index in [-0.39, 0.29) is 29.7 Å². The monoisotopic (exact) mass is 503 g/mol. The molecule has 9 heteroatoms. The van der Waals surface area contributed by atoms with Crippen LogP contribution in [0, 0.1) is 12.8 Å². The van der Waals surface area contributed by atoms with E-state index in [1.807, 2.05) is 6.92 Å². The molecule has 2 aliphatic carbocycles. The van der Waals surface area contributed by atoms with E-state index in [0.717, 1.165) is 32.1 Å². The van der Waals surface area contributed by atoms with Crippen LogP contribution in [0.5, 0.6) is 5.75 Å². The van der Waals surface area contributed by atoms with Crippen molar-refractivity contribution in [3.63, 3.8) is 0 Å². The molecule has 2 saturated carbocycles. The molecule has 0 spiro atoms. The van der Waals surface area contributed by atoms with Crippen molar-refractivity contribution in [2.75, 3.05) is 6.61 Å². The quantitative estimate of drug-likeness (QED) is 0.431. The number of ether oxygens (including phenoxy) is 1. The molecule has 1 aromatic rings. The normalized spacial score (nSPS) is 21.7. The lowest BCUT2D eigenvalue weighted by atomic mass is 9.94. The number of aliphatic hydroxyl groups excluding tert-OH is 1. The highest BCUT2D eigenvalue weighted by molar-refractivity contribution is 5.93. The summed E-state index contributed by atoms with van der Waals surface area (Å²) in [6.07, 6.45) is 4.76. The second-order valence-electron chi connectivity index (χ2n) is 11.2. The van der Waals surface area contributed by atoms with Crippen LogP contribution in [-0.2, 0) is 14.3 Å². The van der Waals surface area contributed by atoms with E-state index in [4.69, 9.17) is 4.74 Å². The molecule has 0 saturated heterocycles. The number of aliphatic hydroxyl groups is 1. The number of carbonyl (C=O) groups is 3. The van der Waals surface area contributed by atoms with Gasteiger partial charge >= 0.3 is 6.09 Å². The summed E-state index contributed by atoms with van der Waals surface area (Å²) in [6.45, 7) is 8.16. The Labute approximate surface area is 213 Å². The fourth-order valence-corrected chi connectivity index (χ4v) is 4.83. The van der Waals surface area contributed by atoms with Gasteiger partial charge in [0, 0.05) is 17.6 Å². The Morgan fingerprint density at radius 3 is 2.36 bits per heavy atom. The molecule has 1 aromatic carbocycles. The number of nitrogens with zero attached hydrogens (tertiary/aromatic N) is 1. The summed E-state index contributed by atoms with van der Waals surface area (Å²) in [5, 5.41) is 26.5. The Morgan fingerprint density at radius 1 is 1.17 bits per heavy atom. The first kappa shape index (κ1) is 27.8. The summed E-state index contributed by atoms with van der Waals surface area (Å²) < 4.78 is 5.27. The van der Waals surface area contributed by atoms with Gasteiger partial charge in [-0.05, 0) is 58.4 Å². The molecule has 4 atom stereocenters. The van der Waals surface area contributed by atoms with Gasteiger partial charge in [-0.25, -0.2) is 4.79 Å². The number of rotatable bonds is 8. The Kier molecular flexibility index (Phi) is 8.87. The topological polar surface area (TPSA) is 128 Å². The maximum Gasteiger partial charge on any atom is 0.408 e. The van der Waals surface area contributed by atoms with E-state index in [9.17, 15) is 24.6 Å². The van der Waals surface area contributed by atoms with E-state index in [0.29, 0.717) is 17.5 Å². The molecule has 2 aliphatic rings. The van der Waals surface area contributed by atoms with Crippen LogP contribution < -0.4 is 10.6 Å². The summed E-state index contributed by atoms with van der Waals surface area (Å²) in [7, 11) is 0. The van der Waals surface area contributed by atoms with Crippen molar-refractivity contribution in [2.24, 2.45) is 5.92 Å². The molecule has 4 N–H and O–H groups in total. The van der Waals surface area contributed by atoms with Crippen molar-refractivity contribution in [3.05, 3.63) is 29.3 Å². The van der Waals surface area contributed by atoms with Crippen molar-refractivity contribution in [1.82, 2.24) is 15.5 Å². The molecule has 36 heavy (non-hydrogen) atoms. The Hall–Kier alpha value is -2.81. The van der Waals surface area contributed by atoms with Crippen LogP contribution in [0.1, 0.15) is 83.4 Å². The van der Waals surface area contributed by atoms with Crippen LogP contribution in [0.2, 0.25) is 0 Å². The Balaban J connectivity index is 1.96. The van der Waals surface area contributed by atoms with Gasteiger partial charge in [-0.1, -0.05) is 44.4 Å². The van der Waals surface area contributed by atoms with Crippen molar-refractivity contribution in [2.45, 2.75) is 103 Å². The molecule has 0 bridgehead atoms. The molecule has 0 heterocycles. The van der Waals surface area contributed by atoms with Crippen molar-refractivity contribution in [3.8, 4) is 5.75 Å². The number of aryl methyl sites for hydroxylation is 1. The van der Waals surface area contributed by atoms with Gasteiger partial charge in [0.05, 0.1) is 6.61 Å². The van der Waals surface area contributed by atoms with Crippen LogP contribution in [0.25, 0.3) is 0 Å². The predicted octanol–water partition coefficient (Wildman–Crippen LogP) is 3.31. The third-order valence-corrected chi connectivity index (χ3v) is 6.89. The van der Waals surface area contributed by atoms with Crippen molar-refractivity contribution in [1.29, 1.82) is 0 Å². The zero-order valence-corrected chi connectivity index (χ0v) is 22.0. The third kappa shape index (κ3) is 6.90. The van der Waals surface area contributed by atoms with Gasteiger partial charge in [0.15, 0.2) is 0 Å². The molecular weight excluding hydrogens is 462 g/mol. The van der Waals surface area contributed by atoms with E-state index in [1.54, 1.807) is 45.9 Å². The minimum Gasteiger partial charge on any atom is -0.507 e. The van der Waals surface area contributed by atoms with E-state index in [2.05, 4.69) is 10.6 Å². The van der Waals surface area contributed by atoms with Gasteiger partial charge in [0.25, 0.3) is 0 Å². The lowest BCUT2D eigenvalue weighted by molar-refractivity contribution is -0.144. The number of amides is 3. The highest BCUT2D eigenvalue weighted by Crippen LogP contribution is 2.43. The number of aromatic hydroxyl groups is 1. The number of nitrogens with one attached hydrogen (secondary N) is 2. The van der Waals surface area contributed by atoms with E-state index in [1.165, 1.54) is 4.90 Å². The molecule has 0 aromatic heterocycles. The highest BCUT2D eigenvalue weighted by atomic mass is 16.6. The minimum absolute atomic E-state index is 0.00260. The lowest BCUT2D eigenvalue weighted by Crippen LogP contribution is -2.56. The van der Waals surface area contributed by atoms with Gasteiger partial charge in [0.1, 0.15) is 23.4 Å². The average Bonchev–Trinajstić information content (AvgIpc) is 3.52. The second kappa shape index (κ2) is 11.5. The number of phenolic OH excluding ortho intramolecular Hbond substituents is 1. The first-order valence-electron chi connectivity index (χ1n) is 12.9. The molecule has 0 aliphatic heterocycles. The molecule has 3 amide bonds. The number of carbonyl (C=O) groups excluding carboxylic acids is 3. The summed E-state index contributed by atoms with van der Waals surface area (Å²) in [5.74, 6) is -0.883. The number of benzene rings is 1. The van der Waals surface area contributed by atoms with Crippen LogP contribution in [0.4, 0.5) is 4.79 Å². The van der Waals surface area contributed by atoms with Gasteiger partial charge in [0.2, 0.25) is 11.8 Å². The standard InChI is InChI=1S/C27H41N3O6/c1-16-10-9-13-19(23(16)32)22(24(33)28-18-11-7-6-8-12-18)30(21-14-17(21)2)25(34)20(15-31)29-26(35)36-27(3,4)5/h9-10,13,17-18,20-22,31-32H,6-8,11-12,14-15H2,1-5H3,(H,28,33)(H,29,35). The van der Waals surface area contributed by atoms with Gasteiger partial charge < -0.3 is 30.5 Å². The molecule has 0 radical (unpaired) electrons. The SMILES string of the molecule is Cc1cccc(C(C(=O)NC2CCCCC2)N(C(=O)C(CO)NC(=O)OC(C)(C)C)C2CC2C)c1O. The molecule has 3 rings (SSSR count). The number of hydrogen-bond acceptors (Lipinski definition) is 6. The Bertz CT molecular complexity index is 953. The van der Waals surface area contributed by atoms with Gasteiger partial charge in [-0.15, -0.1) is 0 Å². The summed E-state index contributed by atoms with van der Waals surface area (Å²) >= 11 is 0. The van der Waals surface area contributed by atoms with E-state index >= 15 is 0 Å². The number of hydrogen-bond donors (Lipinski definition) is 4. The minimum atomic E-state index is -1.30. The van der Waals surface area contributed by atoms with Gasteiger partial charge in [-0.3, -0.25) is 9.59 Å². The molecule has 4 unspecified atom stereocenters. The first-order valence-corrected chi connectivity index (χ1v) is 12.9. The lowest BCUT2D eigenvalue weighted by Gasteiger charge is -2.36. The molecule has 9 nitrogen and oxygen atoms in total. The van der Waals surface area contributed by atoms with Crippen LogP contribution >= 0.6 is 0 Å². The zero-order valence-electron chi connectivity index (χ0n) is 22.0. The van der Waals surface area contributed by atoms with Crippen LogP contribution in [-0.4, -0.2) is 63.4 Å². The molecule has 2 fully saturated rings. The number of alkyl carbamates (subject to hydrolysis) is 1. The number of para-hydroxylation sites is 1. The first-order chi connectivity index (χ1) is 16.9. The zero-order chi connectivity index (χ0) is 26.6. The number of phenols is 1. The van der Waals surface area contributed by atoms with Crippen LogP contribution in [0.15, 0.2) is 18.2 Å². The molecular formula is C27H41N3O6. The summed E-state index contributed by atoms with van der Waals surface area (Å²) in [6, 6.07) is 2.45. The van der Waals surface area contributed by atoms with Crippen LogP contribution in [0.3, 0.4) is 0 Å². The smallest absolute Gasteiger partial charge is 0.408 e. The summed E-state index contributed by atoms with van der Waals surface area (Å²) in [4.78, 5) is 41.5. The highest BCUT2D eigenvalue weighted by Gasteiger charge is 2.49. The van der Waals surface area contributed by atoms with E-state index < -0.39 is 36.3 Å². The molecule has 200 valence electrons. The predicted molar refractivity (Wildman–Crippen MR) is 135 cm³/mol. The Morgan fingerprint density at radius 2 is 1.81 bits per heavy atom. The average molecular weight is 504 g/mol. The van der Waals surface area contributed by atoms with Crippen molar-refractivity contribution >= 4 is 17.9 Å². The maximum absolute atomic E-state index is 13.8. The fraction of sp³-hybridized carbons (Fsp3) is 0.667. The second-order valence-corrected chi connectivity index (χ2v) is 11.2. The van der Waals surface area contributed by atoms with Crippen molar-refractivity contribution < 1.29 is 29.3 Å². The largest absolute Gasteiger partial charge is 0.507 e. The fourth-order valence-electron chi connectivity index (χ4n) is 4.83. The summed E-state index contributed by atoms with van der Waals surface area (Å²) in [5.41, 5.74) is 0.127. The third-order valence-electron chi connectivity index (χ3n) is 6.89. The maximum atomic E-state index is 13.8.